The molecule has 1 rings (SSSR count). The summed E-state index contributed by atoms with van der Waals surface area (Å²) in [5.41, 5.74) is 0. The molecule has 56 valence electrons. The molecule has 0 amide bonds. The highest BCUT2D eigenvalue weighted by Crippen LogP contribution is 2.04. The molecular weight excluding hydrogens is 124 g/mol. The first-order valence-corrected chi connectivity index (χ1v) is 3.07. The molecule has 0 radical (unpaired) electrons. The van der Waals surface area contributed by atoms with Gasteiger partial charge in [0.15, 0.2) is 0 Å². The fourth-order valence-corrected chi connectivity index (χ4v) is 0.609. The molecule has 2 heteroatoms. The molecule has 0 bridgehead atoms. The van der Waals surface area contributed by atoms with Gasteiger partial charge in [0, 0.05) is 19.7 Å². The van der Waals surface area contributed by atoms with Crippen molar-refractivity contribution in [3.63, 3.8) is 0 Å². The highest BCUT2D eigenvalue weighted by Gasteiger charge is 1.97. The van der Waals surface area contributed by atoms with Gasteiger partial charge in [-0.1, -0.05) is 21.3 Å². The van der Waals surface area contributed by atoms with E-state index in [1.807, 2.05) is 6.07 Å². The first-order chi connectivity index (χ1) is 5.30. The summed E-state index contributed by atoms with van der Waals surface area (Å²) < 4.78 is 5.75. The monoisotopic (exact) mass is 140 g/mol. The largest absolute Gasteiger partial charge is 0.241 e. The number of hydrogen-bond donors (Lipinski definition) is 0. The van der Waals surface area contributed by atoms with Gasteiger partial charge in [-0.3, -0.25) is 0 Å². The molecule has 1 heterocycles. The quantitative estimate of drug-likeness (QED) is 0.597. The molecule has 0 aliphatic rings. The second kappa shape index (κ2) is 3.99. The van der Waals surface area contributed by atoms with Crippen LogP contribution in [0.2, 0.25) is 0 Å². The van der Waals surface area contributed by atoms with E-state index in [4.69, 9.17) is 1.37 Å². The minimum atomic E-state index is 0.436. The molecule has 0 unspecified atom stereocenters. The molecule has 0 saturated heterocycles. The fourth-order valence-electron chi connectivity index (χ4n) is 0.609. The smallest absolute Gasteiger partial charge is 0.130 e. The summed E-state index contributed by atoms with van der Waals surface area (Å²) in [6.45, 7) is 4.16. The van der Waals surface area contributed by atoms with Gasteiger partial charge in [-0.25, -0.2) is 9.97 Å². The van der Waals surface area contributed by atoms with Crippen molar-refractivity contribution in [2.75, 3.05) is 0 Å². The molecule has 0 aromatic carbocycles. The molecular formula is C8H14N2. The average molecular weight is 140 g/mol. The van der Waals surface area contributed by atoms with Crippen LogP contribution in [0.25, 0.3) is 0 Å². The average Bonchev–Trinajstić information content (AvgIpc) is 2.10. The summed E-state index contributed by atoms with van der Waals surface area (Å²) in [6, 6.07) is 1.83. The van der Waals surface area contributed by atoms with Crippen molar-refractivity contribution in [3.8, 4) is 0 Å². The lowest BCUT2D eigenvalue weighted by atomic mass is 10.2. The van der Waals surface area contributed by atoms with Gasteiger partial charge < -0.3 is 0 Å². The van der Waals surface area contributed by atoms with Crippen molar-refractivity contribution >= 4 is 0 Å². The predicted molar refractivity (Wildman–Crippen MR) is 42.9 cm³/mol. The van der Waals surface area contributed by atoms with Crippen LogP contribution in [0.5, 0.6) is 0 Å². The van der Waals surface area contributed by atoms with Gasteiger partial charge in [0.05, 0.1) is 0 Å². The van der Waals surface area contributed by atoms with Crippen LogP contribution in [0, 0.1) is 0 Å². The van der Waals surface area contributed by atoms with Crippen LogP contribution in [0.3, 0.4) is 0 Å². The second-order valence-electron chi connectivity index (χ2n) is 2.26. The number of aromatic nitrogens is 2. The summed E-state index contributed by atoms with van der Waals surface area (Å²) in [6.07, 6.45) is 3.53. The lowest BCUT2D eigenvalue weighted by Crippen LogP contribution is -1.93. The Bertz CT molecular complexity index is 175. The highest BCUT2D eigenvalue weighted by atomic mass is 14.9. The van der Waals surface area contributed by atoms with Gasteiger partial charge in [0.1, 0.15) is 5.82 Å². The van der Waals surface area contributed by atoms with E-state index in [0.29, 0.717) is 5.92 Å². The van der Waals surface area contributed by atoms with Crippen molar-refractivity contribution in [2.45, 2.75) is 27.2 Å². The molecule has 1 aromatic heterocycles. The van der Waals surface area contributed by atoms with Crippen molar-refractivity contribution in [3.05, 3.63) is 24.3 Å². The highest BCUT2D eigenvalue weighted by molar-refractivity contribution is 4.92. The SMILES string of the molecule is CC(C)c1ncccn1.[3H]C. The zero-order valence-corrected chi connectivity index (χ0v) is 6.70. The van der Waals surface area contributed by atoms with E-state index in [1.165, 1.54) is 7.40 Å². The first kappa shape index (κ1) is 7.19. The Balaban J connectivity index is 0.000000461. The molecule has 2 nitrogen and oxygen atoms in total. The summed E-state index contributed by atoms with van der Waals surface area (Å²) in [5.74, 6) is 1.35. The molecule has 1 aromatic rings. The summed E-state index contributed by atoms with van der Waals surface area (Å²) in [4.78, 5) is 8.13. The van der Waals surface area contributed by atoms with E-state index < -0.39 is 0 Å². The van der Waals surface area contributed by atoms with Gasteiger partial charge in [0.25, 0.3) is 0 Å². The minimum Gasteiger partial charge on any atom is -0.241 e. The standard InChI is InChI=1S/C7H10N2.CH4/c1-6(2)7-8-4-3-5-9-7;/h3-6H,1-2H3;1H4/i;1T. The lowest BCUT2D eigenvalue weighted by Gasteiger charge is -1.98. The zero-order chi connectivity index (χ0) is 8.69. The van der Waals surface area contributed by atoms with E-state index in [0.717, 1.165) is 5.82 Å². The molecule has 0 aliphatic carbocycles. The van der Waals surface area contributed by atoms with Crippen molar-refractivity contribution in [2.24, 2.45) is 0 Å². The third kappa shape index (κ3) is 2.13. The van der Waals surface area contributed by atoms with E-state index in [9.17, 15) is 0 Å². The Morgan fingerprint density at radius 2 is 1.90 bits per heavy atom. The molecule has 0 atom stereocenters. The number of rotatable bonds is 1. The Morgan fingerprint density at radius 1 is 1.40 bits per heavy atom. The molecule has 0 fully saturated rings. The van der Waals surface area contributed by atoms with E-state index in [2.05, 4.69) is 23.8 Å². The lowest BCUT2D eigenvalue weighted by molar-refractivity contribution is 0.774. The Hall–Kier alpha value is -0.920. The molecule has 0 saturated carbocycles. The summed E-state index contributed by atoms with van der Waals surface area (Å²) in [7, 11) is 1.25. The van der Waals surface area contributed by atoms with E-state index in [1.54, 1.807) is 12.4 Å². The number of hydrogen-bond acceptors (Lipinski definition) is 2. The first-order valence-electron chi connectivity index (χ1n) is 4.07. The van der Waals surface area contributed by atoms with E-state index in [-0.39, 0.29) is 0 Å². The van der Waals surface area contributed by atoms with Crippen LogP contribution in [0.15, 0.2) is 18.5 Å². The molecule has 10 heavy (non-hydrogen) atoms. The maximum atomic E-state index is 5.75. The van der Waals surface area contributed by atoms with Gasteiger partial charge in [0.2, 0.25) is 0 Å². The van der Waals surface area contributed by atoms with Crippen LogP contribution in [-0.4, -0.2) is 9.97 Å². The molecule has 0 N–H and O–H groups in total. The van der Waals surface area contributed by atoms with Gasteiger partial charge in [-0.15, -0.1) is 0 Å². The third-order valence-corrected chi connectivity index (χ3v) is 1.10. The molecule has 0 aliphatic heterocycles. The maximum Gasteiger partial charge on any atom is 0.130 e. The third-order valence-electron chi connectivity index (χ3n) is 1.10. The van der Waals surface area contributed by atoms with Crippen molar-refractivity contribution in [1.29, 1.82) is 0 Å². The van der Waals surface area contributed by atoms with Crippen LogP contribution >= 0.6 is 0 Å². The minimum absolute atomic E-state index is 0.436. The summed E-state index contributed by atoms with van der Waals surface area (Å²) in [5, 5.41) is 0. The van der Waals surface area contributed by atoms with Gasteiger partial charge >= 0.3 is 0 Å². The van der Waals surface area contributed by atoms with Crippen LogP contribution in [-0.2, 0) is 0 Å². The van der Waals surface area contributed by atoms with Crippen LogP contribution < -0.4 is 0 Å². The van der Waals surface area contributed by atoms with Crippen LogP contribution in [0.4, 0.5) is 0 Å². The van der Waals surface area contributed by atoms with E-state index >= 15 is 0 Å². The Labute approximate surface area is 63.7 Å². The fraction of sp³-hybridized carbons (Fsp3) is 0.500. The second-order valence-corrected chi connectivity index (χ2v) is 2.26. The Morgan fingerprint density at radius 3 is 2.20 bits per heavy atom. The van der Waals surface area contributed by atoms with Crippen LogP contribution in [0.1, 0.15) is 34.4 Å². The van der Waals surface area contributed by atoms with Gasteiger partial charge in [-0.05, 0) is 6.07 Å². The van der Waals surface area contributed by atoms with Crippen molar-refractivity contribution < 1.29 is 1.37 Å². The normalized spacial score (nSPS) is 9.80. The predicted octanol–water partition coefficient (Wildman–Crippen LogP) is 2.24. The van der Waals surface area contributed by atoms with Gasteiger partial charge in [-0.2, -0.15) is 0 Å². The maximum absolute atomic E-state index is 5.75. The zero-order valence-electron chi connectivity index (χ0n) is 7.70. The topological polar surface area (TPSA) is 25.8 Å². The van der Waals surface area contributed by atoms with Crippen molar-refractivity contribution in [1.82, 2.24) is 9.97 Å². The molecule has 0 spiro atoms. The summed E-state index contributed by atoms with van der Waals surface area (Å²) >= 11 is 0. The number of nitrogens with zero attached hydrogens (tertiary/aromatic N) is 2. The Kier molecular flexibility index (Phi) is 2.87.